The van der Waals surface area contributed by atoms with E-state index >= 15 is 0 Å². The molecule has 3 unspecified atom stereocenters. The van der Waals surface area contributed by atoms with Crippen molar-refractivity contribution in [2.45, 2.75) is 65.3 Å². The molecule has 2 amide bonds. The van der Waals surface area contributed by atoms with Gasteiger partial charge in [-0.3, -0.25) is 9.59 Å². The summed E-state index contributed by atoms with van der Waals surface area (Å²) in [6.07, 6.45) is 6.25. The number of hydrogen-bond donors (Lipinski definition) is 1. The monoisotopic (exact) mass is 294 g/mol. The summed E-state index contributed by atoms with van der Waals surface area (Å²) in [4.78, 5) is 26.7. The molecule has 0 bridgehead atoms. The molecule has 21 heavy (non-hydrogen) atoms. The molecule has 2 aliphatic rings. The first kappa shape index (κ1) is 16.3. The van der Waals surface area contributed by atoms with Crippen molar-refractivity contribution >= 4 is 11.8 Å². The molecule has 1 heterocycles. The number of carbonyl (C=O) groups is 2. The van der Waals surface area contributed by atoms with E-state index in [1.165, 1.54) is 6.42 Å². The van der Waals surface area contributed by atoms with Gasteiger partial charge in [-0.2, -0.15) is 0 Å². The van der Waals surface area contributed by atoms with E-state index in [4.69, 9.17) is 0 Å². The lowest BCUT2D eigenvalue weighted by atomic mass is 9.99. The van der Waals surface area contributed by atoms with Gasteiger partial charge in [0.15, 0.2) is 0 Å². The van der Waals surface area contributed by atoms with Gasteiger partial charge in [-0.05, 0) is 44.4 Å². The van der Waals surface area contributed by atoms with E-state index in [0.29, 0.717) is 12.0 Å². The Labute approximate surface area is 128 Å². The zero-order valence-electron chi connectivity index (χ0n) is 13.7. The number of piperidine rings is 1. The lowest BCUT2D eigenvalue weighted by Crippen LogP contribution is -2.44. The summed E-state index contributed by atoms with van der Waals surface area (Å²) in [6, 6.07) is 0.400. The van der Waals surface area contributed by atoms with Crippen molar-refractivity contribution in [2.24, 2.45) is 17.8 Å². The largest absolute Gasteiger partial charge is 0.356 e. The van der Waals surface area contributed by atoms with Crippen LogP contribution in [-0.4, -0.2) is 35.8 Å². The first-order chi connectivity index (χ1) is 10.0. The van der Waals surface area contributed by atoms with E-state index in [-0.39, 0.29) is 23.7 Å². The maximum atomic E-state index is 12.6. The van der Waals surface area contributed by atoms with Crippen molar-refractivity contribution < 1.29 is 9.59 Å². The highest BCUT2D eigenvalue weighted by Gasteiger charge is 2.50. The molecule has 1 saturated heterocycles. The molecule has 0 aromatic heterocycles. The lowest BCUT2D eigenvalue weighted by molar-refractivity contribution is -0.138. The normalized spacial score (nSPS) is 28.6. The van der Waals surface area contributed by atoms with Crippen LogP contribution in [0.15, 0.2) is 0 Å². The number of hydrogen-bond acceptors (Lipinski definition) is 2. The molecule has 1 N–H and O–H groups in total. The maximum absolute atomic E-state index is 12.6. The van der Waals surface area contributed by atoms with Crippen LogP contribution in [0.4, 0.5) is 0 Å². The molecule has 4 heteroatoms. The van der Waals surface area contributed by atoms with Gasteiger partial charge in [0.25, 0.3) is 0 Å². The molecular formula is C17H30N2O2. The van der Waals surface area contributed by atoms with Crippen LogP contribution < -0.4 is 5.32 Å². The second kappa shape index (κ2) is 7.28. The number of carbonyl (C=O) groups excluding carboxylic acids is 2. The maximum Gasteiger partial charge on any atom is 0.226 e. The second-order valence-electron chi connectivity index (χ2n) is 7.01. The smallest absolute Gasteiger partial charge is 0.226 e. The van der Waals surface area contributed by atoms with Crippen LogP contribution in [0.1, 0.15) is 59.3 Å². The van der Waals surface area contributed by atoms with Gasteiger partial charge in [0.2, 0.25) is 11.8 Å². The quantitative estimate of drug-likeness (QED) is 0.818. The predicted octanol–water partition coefficient (Wildman–Crippen LogP) is 2.58. The van der Waals surface area contributed by atoms with E-state index < -0.39 is 0 Å². The Morgan fingerprint density at radius 1 is 1.24 bits per heavy atom. The van der Waals surface area contributed by atoms with E-state index in [2.05, 4.69) is 31.0 Å². The number of nitrogens with one attached hydrogen (secondary N) is 1. The molecule has 4 nitrogen and oxygen atoms in total. The Hall–Kier alpha value is -1.06. The van der Waals surface area contributed by atoms with Crippen molar-refractivity contribution in [2.75, 3.05) is 13.1 Å². The fourth-order valence-corrected chi connectivity index (χ4v) is 3.30. The van der Waals surface area contributed by atoms with E-state index in [9.17, 15) is 9.59 Å². The van der Waals surface area contributed by atoms with Crippen LogP contribution in [0.2, 0.25) is 0 Å². The zero-order chi connectivity index (χ0) is 15.4. The van der Waals surface area contributed by atoms with E-state index in [0.717, 1.165) is 45.2 Å². The molecule has 0 aromatic rings. The summed E-state index contributed by atoms with van der Waals surface area (Å²) in [5.74, 6) is 0.797. The molecule has 2 fully saturated rings. The van der Waals surface area contributed by atoms with Crippen LogP contribution in [0.5, 0.6) is 0 Å². The lowest BCUT2D eigenvalue weighted by Gasteiger charge is -2.35. The van der Waals surface area contributed by atoms with Crippen molar-refractivity contribution in [1.29, 1.82) is 0 Å². The third kappa shape index (κ3) is 4.21. The highest BCUT2D eigenvalue weighted by Crippen LogP contribution is 2.41. The number of amides is 2. The minimum atomic E-state index is -0.0657. The fraction of sp³-hybridized carbons (Fsp3) is 0.882. The molecule has 120 valence electrons. The van der Waals surface area contributed by atoms with Gasteiger partial charge < -0.3 is 10.2 Å². The molecule has 0 spiro atoms. The van der Waals surface area contributed by atoms with Gasteiger partial charge in [-0.1, -0.05) is 20.8 Å². The van der Waals surface area contributed by atoms with Gasteiger partial charge in [-0.25, -0.2) is 0 Å². The van der Waals surface area contributed by atoms with E-state index in [1.54, 1.807) is 0 Å². The Morgan fingerprint density at radius 3 is 2.67 bits per heavy atom. The zero-order valence-corrected chi connectivity index (χ0v) is 13.7. The summed E-state index contributed by atoms with van der Waals surface area (Å²) in [7, 11) is 0. The molecule has 0 radical (unpaired) electrons. The van der Waals surface area contributed by atoms with Gasteiger partial charge in [0.05, 0.1) is 11.8 Å². The van der Waals surface area contributed by atoms with E-state index in [1.807, 2.05) is 0 Å². The average molecular weight is 294 g/mol. The Balaban J connectivity index is 1.79. The molecule has 0 aromatic carbocycles. The molecule has 3 atom stereocenters. The summed E-state index contributed by atoms with van der Waals surface area (Å²) in [6.45, 7) is 8.07. The number of likely N-dealkylation sites (tertiary alicyclic amines) is 1. The van der Waals surface area contributed by atoms with Crippen molar-refractivity contribution in [1.82, 2.24) is 10.2 Å². The molecule has 1 saturated carbocycles. The van der Waals surface area contributed by atoms with Gasteiger partial charge in [0, 0.05) is 19.1 Å². The summed E-state index contributed by atoms with van der Waals surface area (Å²) >= 11 is 0. The summed E-state index contributed by atoms with van der Waals surface area (Å²) in [5.41, 5.74) is 0. The number of rotatable bonds is 6. The van der Waals surface area contributed by atoms with Crippen LogP contribution in [0.25, 0.3) is 0 Å². The third-order valence-corrected chi connectivity index (χ3v) is 4.85. The van der Waals surface area contributed by atoms with Crippen molar-refractivity contribution in [3.05, 3.63) is 0 Å². The van der Waals surface area contributed by atoms with Gasteiger partial charge in [-0.15, -0.1) is 0 Å². The third-order valence-electron chi connectivity index (χ3n) is 4.85. The number of nitrogens with zero attached hydrogens (tertiary/aromatic N) is 1. The van der Waals surface area contributed by atoms with Crippen molar-refractivity contribution in [3.63, 3.8) is 0 Å². The molecular weight excluding hydrogens is 264 g/mol. The van der Waals surface area contributed by atoms with Crippen LogP contribution in [-0.2, 0) is 9.59 Å². The van der Waals surface area contributed by atoms with Gasteiger partial charge >= 0.3 is 0 Å². The summed E-state index contributed by atoms with van der Waals surface area (Å²) in [5, 5.41) is 2.98. The van der Waals surface area contributed by atoms with Gasteiger partial charge in [0.1, 0.15) is 0 Å². The predicted molar refractivity (Wildman–Crippen MR) is 83.7 cm³/mol. The highest BCUT2D eigenvalue weighted by atomic mass is 16.2. The molecule has 2 rings (SSSR count). The average Bonchev–Trinajstić information content (AvgIpc) is 3.26. The minimum absolute atomic E-state index is 0.0452. The summed E-state index contributed by atoms with van der Waals surface area (Å²) < 4.78 is 0. The highest BCUT2D eigenvalue weighted by molar-refractivity contribution is 5.92. The first-order valence-corrected chi connectivity index (χ1v) is 8.62. The van der Waals surface area contributed by atoms with Crippen LogP contribution in [0.3, 0.4) is 0 Å². The Kier molecular flexibility index (Phi) is 5.65. The molecule has 1 aliphatic carbocycles. The second-order valence-corrected chi connectivity index (χ2v) is 7.01. The minimum Gasteiger partial charge on any atom is -0.356 e. The standard InChI is InChI=1S/C17H30N2O2/c1-4-13-7-5-6-10-19(13)17(21)15-11-14(15)16(20)18-9-8-12(2)3/h12-15H,4-11H2,1-3H3,(H,18,20). The van der Waals surface area contributed by atoms with Crippen LogP contribution >= 0.6 is 0 Å². The first-order valence-electron chi connectivity index (χ1n) is 8.62. The fourth-order valence-electron chi connectivity index (χ4n) is 3.30. The van der Waals surface area contributed by atoms with Crippen LogP contribution in [0, 0.1) is 17.8 Å². The Bertz CT molecular complexity index is 381. The van der Waals surface area contributed by atoms with Crippen molar-refractivity contribution in [3.8, 4) is 0 Å². The SMILES string of the molecule is CCC1CCCCN1C(=O)C1CC1C(=O)NCCC(C)C. The topological polar surface area (TPSA) is 49.4 Å². The Morgan fingerprint density at radius 2 is 2.00 bits per heavy atom. The molecule has 1 aliphatic heterocycles.